The van der Waals surface area contributed by atoms with Crippen LogP contribution in [0, 0.1) is 0 Å². The van der Waals surface area contributed by atoms with Gasteiger partial charge in [-0.05, 0) is 56.2 Å². The number of hydrogen-bond donors (Lipinski definition) is 1. The summed E-state index contributed by atoms with van der Waals surface area (Å²) in [6.45, 7) is 9.04. The molecule has 1 aromatic rings. The fourth-order valence-electron chi connectivity index (χ4n) is 3.02. The van der Waals surface area contributed by atoms with Crippen molar-refractivity contribution >= 4 is 25.0 Å². The maximum absolute atomic E-state index is 6.21. The van der Waals surface area contributed by atoms with E-state index in [2.05, 4.69) is 41.9 Å². The van der Waals surface area contributed by atoms with Crippen molar-refractivity contribution in [3.63, 3.8) is 0 Å². The van der Waals surface area contributed by atoms with E-state index in [0.717, 1.165) is 47.9 Å². The molecule has 0 atom stereocenters. The number of ether oxygens (including phenoxy) is 2. The van der Waals surface area contributed by atoms with Crippen LogP contribution in [0.2, 0.25) is 0 Å². The summed E-state index contributed by atoms with van der Waals surface area (Å²) < 4.78 is 11.7. The van der Waals surface area contributed by atoms with Crippen molar-refractivity contribution in [3.8, 4) is 11.5 Å². The molecular formula is C20H28N2O2S. The van der Waals surface area contributed by atoms with Gasteiger partial charge in [0.2, 0.25) is 0 Å². The molecule has 1 aliphatic carbocycles. The first kappa shape index (κ1) is 19.4. The Labute approximate surface area is 156 Å². The smallest absolute Gasteiger partial charge is 0.163 e. The second-order valence-corrected chi connectivity index (χ2v) is 6.61. The van der Waals surface area contributed by atoms with Crippen molar-refractivity contribution in [2.24, 2.45) is 4.99 Å². The Balaban J connectivity index is 2.19. The Kier molecular flexibility index (Phi) is 7.92. The molecule has 0 aliphatic heterocycles. The van der Waals surface area contributed by atoms with E-state index < -0.39 is 0 Å². The highest BCUT2D eigenvalue weighted by Crippen LogP contribution is 2.35. The SMILES string of the molecule is C=N/C=C\C(=C)CN(CCS)c1ccc(OC)c(OC2CCCC2)c1. The van der Waals surface area contributed by atoms with Crippen molar-refractivity contribution in [1.29, 1.82) is 0 Å². The molecule has 1 fully saturated rings. The van der Waals surface area contributed by atoms with Gasteiger partial charge in [0, 0.05) is 36.8 Å². The van der Waals surface area contributed by atoms with E-state index >= 15 is 0 Å². The Morgan fingerprint density at radius 1 is 1.36 bits per heavy atom. The first-order valence-electron chi connectivity index (χ1n) is 8.68. The molecule has 1 saturated carbocycles. The minimum Gasteiger partial charge on any atom is -0.493 e. The second-order valence-electron chi connectivity index (χ2n) is 6.16. The molecule has 5 heteroatoms. The van der Waals surface area contributed by atoms with E-state index in [0.29, 0.717) is 12.6 Å². The minimum atomic E-state index is 0.291. The van der Waals surface area contributed by atoms with Crippen LogP contribution >= 0.6 is 12.6 Å². The lowest BCUT2D eigenvalue weighted by Crippen LogP contribution is -2.27. The van der Waals surface area contributed by atoms with Gasteiger partial charge in [0.15, 0.2) is 11.5 Å². The van der Waals surface area contributed by atoms with Gasteiger partial charge in [0.1, 0.15) is 0 Å². The van der Waals surface area contributed by atoms with Gasteiger partial charge in [-0.1, -0.05) is 6.58 Å². The lowest BCUT2D eigenvalue weighted by molar-refractivity contribution is 0.201. The lowest BCUT2D eigenvalue weighted by atomic mass is 10.2. The zero-order valence-electron chi connectivity index (χ0n) is 15.0. The van der Waals surface area contributed by atoms with Crippen LogP contribution < -0.4 is 14.4 Å². The second kappa shape index (κ2) is 10.2. The number of aliphatic imine (C=N–C) groups is 1. The maximum Gasteiger partial charge on any atom is 0.163 e. The van der Waals surface area contributed by atoms with Crippen molar-refractivity contribution in [2.45, 2.75) is 31.8 Å². The van der Waals surface area contributed by atoms with Crippen LogP contribution in [-0.2, 0) is 0 Å². The van der Waals surface area contributed by atoms with Crippen molar-refractivity contribution < 1.29 is 9.47 Å². The molecule has 0 heterocycles. The molecule has 0 unspecified atom stereocenters. The fraction of sp³-hybridized carbons (Fsp3) is 0.450. The largest absolute Gasteiger partial charge is 0.493 e. The number of hydrogen-bond acceptors (Lipinski definition) is 5. The van der Waals surface area contributed by atoms with Crippen LogP contribution in [0.25, 0.3) is 0 Å². The average Bonchev–Trinajstić information content (AvgIpc) is 3.12. The summed E-state index contributed by atoms with van der Waals surface area (Å²) in [4.78, 5) is 5.96. The zero-order valence-corrected chi connectivity index (χ0v) is 15.9. The molecule has 1 aliphatic rings. The predicted octanol–water partition coefficient (Wildman–Crippen LogP) is 4.52. The van der Waals surface area contributed by atoms with E-state index in [9.17, 15) is 0 Å². The molecule has 0 spiro atoms. The van der Waals surface area contributed by atoms with Gasteiger partial charge >= 0.3 is 0 Å². The first-order chi connectivity index (χ1) is 12.2. The van der Waals surface area contributed by atoms with E-state index in [4.69, 9.17) is 9.47 Å². The van der Waals surface area contributed by atoms with Gasteiger partial charge < -0.3 is 14.4 Å². The van der Waals surface area contributed by atoms with Gasteiger partial charge in [-0.15, -0.1) is 0 Å². The van der Waals surface area contributed by atoms with E-state index in [1.165, 1.54) is 12.8 Å². The lowest BCUT2D eigenvalue weighted by Gasteiger charge is -2.26. The Bertz CT molecular complexity index is 610. The third-order valence-electron chi connectivity index (χ3n) is 4.29. The normalized spacial score (nSPS) is 14.6. The zero-order chi connectivity index (χ0) is 18.1. The fourth-order valence-corrected chi connectivity index (χ4v) is 3.26. The molecule has 0 amide bonds. The summed E-state index contributed by atoms with van der Waals surface area (Å²) in [6, 6.07) is 6.07. The molecule has 0 saturated heterocycles. The van der Waals surface area contributed by atoms with Crippen LogP contribution in [0.4, 0.5) is 5.69 Å². The molecule has 25 heavy (non-hydrogen) atoms. The summed E-state index contributed by atoms with van der Waals surface area (Å²) in [6.07, 6.45) is 8.53. The summed E-state index contributed by atoms with van der Waals surface area (Å²) in [5, 5.41) is 0. The van der Waals surface area contributed by atoms with E-state index in [1.54, 1.807) is 13.3 Å². The molecule has 0 radical (unpaired) electrons. The molecule has 0 aromatic heterocycles. The summed E-state index contributed by atoms with van der Waals surface area (Å²) in [5.41, 5.74) is 2.03. The van der Waals surface area contributed by atoms with Crippen LogP contribution in [0.5, 0.6) is 11.5 Å². The van der Waals surface area contributed by atoms with Crippen LogP contribution in [0.15, 0.2) is 47.6 Å². The number of nitrogens with zero attached hydrogens (tertiary/aromatic N) is 2. The monoisotopic (exact) mass is 360 g/mol. The third-order valence-corrected chi connectivity index (χ3v) is 4.49. The minimum absolute atomic E-state index is 0.291. The molecule has 136 valence electrons. The van der Waals surface area contributed by atoms with Gasteiger partial charge in [-0.25, -0.2) is 0 Å². The number of rotatable bonds is 10. The Morgan fingerprint density at radius 3 is 2.76 bits per heavy atom. The highest BCUT2D eigenvalue weighted by molar-refractivity contribution is 7.80. The van der Waals surface area contributed by atoms with E-state index in [1.807, 2.05) is 18.2 Å². The summed E-state index contributed by atoms with van der Waals surface area (Å²) >= 11 is 4.39. The quantitative estimate of drug-likeness (QED) is 0.378. The van der Waals surface area contributed by atoms with Crippen molar-refractivity contribution in [2.75, 3.05) is 30.9 Å². The highest BCUT2D eigenvalue weighted by Gasteiger charge is 2.19. The Morgan fingerprint density at radius 2 is 2.12 bits per heavy atom. The molecule has 1 aromatic carbocycles. The summed E-state index contributed by atoms with van der Waals surface area (Å²) in [5.74, 6) is 2.34. The van der Waals surface area contributed by atoms with Gasteiger partial charge in [-0.3, -0.25) is 4.99 Å². The third kappa shape index (κ3) is 5.85. The number of anilines is 1. The number of methoxy groups -OCH3 is 1. The number of thiol groups is 1. The molecule has 2 rings (SSSR count). The van der Waals surface area contributed by atoms with Crippen LogP contribution in [-0.4, -0.2) is 38.8 Å². The molecule has 0 N–H and O–H groups in total. The van der Waals surface area contributed by atoms with Gasteiger partial charge in [0.25, 0.3) is 0 Å². The van der Waals surface area contributed by atoms with Crippen LogP contribution in [0.3, 0.4) is 0 Å². The maximum atomic E-state index is 6.21. The average molecular weight is 361 g/mol. The van der Waals surface area contributed by atoms with Gasteiger partial charge in [-0.2, -0.15) is 12.6 Å². The van der Waals surface area contributed by atoms with Crippen LogP contribution in [0.1, 0.15) is 25.7 Å². The standard InChI is InChI=1S/C20H28N2O2S/c1-16(10-11-21-2)15-22(12-13-25)17-8-9-19(23-3)20(14-17)24-18-6-4-5-7-18/h8-11,14,18,25H,1-2,4-7,12-13,15H2,3H3/b11-10-. The first-order valence-corrected chi connectivity index (χ1v) is 9.32. The van der Waals surface area contributed by atoms with E-state index in [-0.39, 0.29) is 0 Å². The number of benzene rings is 1. The molecule has 4 nitrogen and oxygen atoms in total. The van der Waals surface area contributed by atoms with Crippen molar-refractivity contribution in [1.82, 2.24) is 0 Å². The highest BCUT2D eigenvalue weighted by atomic mass is 32.1. The van der Waals surface area contributed by atoms with Gasteiger partial charge in [0.05, 0.1) is 13.2 Å². The summed E-state index contributed by atoms with van der Waals surface area (Å²) in [7, 11) is 1.68. The van der Waals surface area contributed by atoms with Crippen molar-refractivity contribution in [3.05, 3.63) is 42.6 Å². The topological polar surface area (TPSA) is 34.1 Å². The molecular weight excluding hydrogens is 332 g/mol. The Hall–Kier alpha value is -1.88. The molecule has 0 bridgehead atoms. The predicted molar refractivity (Wildman–Crippen MR) is 110 cm³/mol.